The molecular formula is C12H17NO2S. The maximum Gasteiger partial charge on any atom is 0.163 e. The first kappa shape index (κ1) is 11.6. The standard InChI is InChI=1S/C12H17NO2S/c1-6(14)7-8-9(16-10(7)13)12(4,5)15-11(8,2)3/h13H2,1-5H3. The van der Waals surface area contributed by atoms with Crippen LogP contribution in [0.25, 0.3) is 0 Å². The molecule has 1 aliphatic rings. The number of Topliss-reactive ketones (excluding diaryl/α,β-unsaturated/α-hetero) is 1. The monoisotopic (exact) mass is 239 g/mol. The Morgan fingerprint density at radius 1 is 1.25 bits per heavy atom. The summed E-state index contributed by atoms with van der Waals surface area (Å²) in [5.41, 5.74) is 6.77. The minimum absolute atomic E-state index is 0.0179. The third-order valence-corrected chi connectivity index (χ3v) is 4.27. The molecular weight excluding hydrogens is 222 g/mol. The summed E-state index contributed by atoms with van der Waals surface area (Å²) in [5.74, 6) is 0.0179. The van der Waals surface area contributed by atoms with Crippen LogP contribution in [0, 0.1) is 0 Å². The zero-order chi connectivity index (χ0) is 12.3. The van der Waals surface area contributed by atoms with Gasteiger partial charge in [-0.25, -0.2) is 0 Å². The van der Waals surface area contributed by atoms with Gasteiger partial charge in [0, 0.05) is 10.4 Å². The lowest BCUT2D eigenvalue weighted by Crippen LogP contribution is -2.23. The largest absolute Gasteiger partial charge is 0.390 e. The van der Waals surface area contributed by atoms with Crippen LogP contribution in [0.4, 0.5) is 5.00 Å². The van der Waals surface area contributed by atoms with Gasteiger partial charge in [0.1, 0.15) is 0 Å². The molecule has 3 nitrogen and oxygen atoms in total. The van der Waals surface area contributed by atoms with Crippen molar-refractivity contribution in [1.82, 2.24) is 0 Å². The Morgan fingerprint density at radius 2 is 1.81 bits per heavy atom. The molecule has 0 saturated heterocycles. The maximum absolute atomic E-state index is 11.7. The second kappa shape index (κ2) is 3.08. The van der Waals surface area contributed by atoms with Gasteiger partial charge in [0.15, 0.2) is 5.78 Å². The third-order valence-electron chi connectivity index (χ3n) is 2.95. The normalized spacial score (nSPS) is 20.8. The van der Waals surface area contributed by atoms with Gasteiger partial charge < -0.3 is 10.5 Å². The molecule has 0 saturated carbocycles. The lowest BCUT2D eigenvalue weighted by atomic mass is 9.92. The summed E-state index contributed by atoms with van der Waals surface area (Å²) in [5, 5.41) is 0.613. The fraction of sp³-hybridized carbons (Fsp3) is 0.583. The molecule has 1 aliphatic heterocycles. The van der Waals surface area contributed by atoms with Crippen molar-refractivity contribution in [2.75, 3.05) is 5.73 Å². The highest BCUT2D eigenvalue weighted by atomic mass is 32.1. The Bertz CT molecular complexity index is 472. The number of nitrogens with two attached hydrogens (primary N) is 1. The Morgan fingerprint density at radius 3 is 2.31 bits per heavy atom. The summed E-state index contributed by atoms with van der Waals surface area (Å²) in [7, 11) is 0. The molecule has 0 aliphatic carbocycles. The maximum atomic E-state index is 11.7. The van der Waals surface area contributed by atoms with E-state index in [4.69, 9.17) is 10.5 Å². The summed E-state index contributed by atoms with van der Waals surface area (Å²) in [6.07, 6.45) is 0. The van der Waals surface area contributed by atoms with Gasteiger partial charge in [-0.15, -0.1) is 11.3 Å². The van der Waals surface area contributed by atoms with Crippen molar-refractivity contribution in [3.8, 4) is 0 Å². The van der Waals surface area contributed by atoms with Crippen LogP contribution in [0.1, 0.15) is 55.4 Å². The summed E-state index contributed by atoms with van der Waals surface area (Å²) in [6.45, 7) is 9.55. The molecule has 88 valence electrons. The number of carbonyl (C=O) groups excluding carboxylic acids is 1. The molecule has 1 aromatic rings. The number of anilines is 1. The number of hydrogen-bond acceptors (Lipinski definition) is 4. The first-order valence-corrected chi connectivity index (χ1v) is 6.13. The highest BCUT2D eigenvalue weighted by Crippen LogP contribution is 2.53. The van der Waals surface area contributed by atoms with E-state index >= 15 is 0 Å². The molecule has 0 fully saturated rings. The molecule has 0 bridgehead atoms. The highest BCUT2D eigenvalue weighted by Gasteiger charge is 2.47. The molecule has 0 aromatic carbocycles. The van der Waals surface area contributed by atoms with Crippen molar-refractivity contribution in [1.29, 1.82) is 0 Å². The van der Waals surface area contributed by atoms with Crippen LogP contribution >= 0.6 is 11.3 Å². The first-order chi connectivity index (χ1) is 7.17. The van der Waals surface area contributed by atoms with Gasteiger partial charge in [0.2, 0.25) is 0 Å². The van der Waals surface area contributed by atoms with Crippen LogP contribution in [0.5, 0.6) is 0 Å². The van der Waals surface area contributed by atoms with Crippen molar-refractivity contribution >= 4 is 22.1 Å². The fourth-order valence-corrected chi connectivity index (χ4v) is 3.84. The number of ketones is 1. The van der Waals surface area contributed by atoms with Gasteiger partial charge in [-0.2, -0.15) is 0 Å². The van der Waals surface area contributed by atoms with Crippen molar-refractivity contribution in [2.45, 2.75) is 45.8 Å². The smallest absolute Gasteiger partial charge is 0.163 e. The van der Waals surface area contributed by atoms with Crippen LogP contribution in [-0.4, -0.2) is 5.78 Å². The molecule has 0 unspecified atom stereocenters. The quantitative estimate of drug-likeness (QED) is 0.766. The lowest BCUT2D eigenvalue weighted by Gasteiger charge is -2.25. The highest BCUT2D eigenvalue weighted by molar-refractivity contribution is 7.16. The SMILES string of the molecule is CC(=O)c1c(N)sc2c1C(C)(C)OC2(C)C. The number of rotatable bonds is 1. The number of nitrogen functional groups attached to an aromatic ring is 1. The predicted molar refractivity (Wildman–Crippen MR) is 65.9 cm³/mol. The molecule has 0 radical (unpaired) electrons. The van der Waals surface area contributed by atoms with E-state index in [1.807, 2.05) is 27.7 Å². The topological polar surface area (TPSA) is 52.3 Å². The summed E-state index contributed by atoms with van der Waals surface area (Å²) >= 11 is 1.47. The van der Waals surface area contributed by atoms with E-state index in [-0.39, 0.29) is 11.4 Å². The van der Waals surface area contributed by atoms with Crippen molar-refractivity contribution in [2.24, 2.45) is 0 Å². The number of thiophene rings is 1. The number of ether oxygens (including phenoxy) is 1. The molecule has 16 heavy (non-hydrogen) atoms. The van der Waals surface area contributed by atoms with E-state index in [0.717, 1.165) is 10.4 Å². The summed E-state index contributed by atoms with van der Waals surface area (Å²) in [6, 6.07) is 0. The minimum Gasteiger partial charge on any atom is -0.390 e. The fourth-order valence-electron chi connectivity index (χ4n) is 2.53. The Balaban J connectivity index is 2.77. The van der Waals surface area contributed by atoms with E-state index in [1.165, 1.54) is 11.3 Å². The van der Waals surface area contributed by atoms with E-state index in [2.05, 4.69) is 0 Å². The average molecular weight is 239 g/mol. The Hall–Kier alpha value is -0.870. The Labute approximate surface area is 99.6 Å². The van der Waals surface area contributed by atoms with Crippen LogP contribution in [0.3, 0.4) is 0 Å². The van der Waals surface area contributed by atoms with Gasteiger partial charge in [-0.1, -0.05) is 0 Å². The minimum atomic E-state index is -0.437. The third kappa shape index (κ3) is 1.40. The van der Waals surface area contributed by atoms with E-state index in [1.54, 1.807) is 6.92 Å². The Kier molecular flexibility index (Phi) is 2.23. The summed E-state index contributed by atoms with van der Waals surface area (Å²) < 4.78 is 6.00. The number of carbonyl (C=O) groups is 1. The summed E-state index contributed by atoms with van der Waals surface area (Å²) in [4.78, 5) is 12.7. The lowest BCUT2D eigenvalue weighted by molar-refractivity contribution is -0.104. The van der Waals surface area contributed by atoms with E-state index < -0.39 is 5.60 Å². The van der Waals surface area contributed by atoms with Gasteiger partial charge >= 0.3 is 0 Å². The van der Waals surface area contributed by atoms with Gasteiger partial charge in [0.05, 0.1) is 21.8 Å². The molecule has 4 heteroatoms. The molecule has 0 spiro atoms. The molecule has 2 rings (SSSR count). The molecule has 2 N–H and O–H groups in total. The zero-order valence-corrected chi connectivity index (χ0v) is 11.1. The number of fused-ring (bicyclic) bond motifs is 1. The first-order valence-electron chi connectivity index (χ1n) is 5.31. The second-order valence-corrected chi connectivity index (χ2v) is 6.28. The average Bonchev–Trinajstić information content (AvgIpc) is 2.48. The van der Waals surface area contributed by atoms with Gasteiger partial charge in [-0.05, 0) is 34.6 Å². The van der Waals surface area contributed by atoms with Gasteiger partial charge in [-0.3, -0.25) is 4.79 Å². The zero-order valence-electron chi connectivity index (χ0n) is 10.3. The van der Waals surface area contributed by atoms with Crippen LogP contribution in [0.2, 0.25) is 0 Å². The number of hydrogen-bond donors (Lipinski definition) is 1. The van der Waals surface area contributed by atoms with Gasteiger partial charge in [0.25, 0.3) is 0 Å². The molecule has 0 atom stereocenters. The van der Waals surface area contributed by atoms with E-state index in [9.17, 15) is 4.79 Å². The van der Waals surface area contributed by atoms with Crippen molar-refractivity contribution in [3.05, 3.63) is 16.0 Å². The van der Waals surface area contributed by atoms with Crippen LogP contribution in [0.15, 0.2) is 0 Å². The van der Waals surface area contributed by atoms with Crippen LogP contribution < -0.4 is 5.73 Å². The van der Waals surface area contributed by atoms with Crippen molar-refractivity contribution in [3.63, 3.8) is 0 Å². The van der Waals surface area contributed by atoms with Crippen LogP contribution in [-0.2, 0) is 15.9 Å². The predicted octanol–water partition coefficient (Wildman–Crippen LogP) is 3.03. The molecule has 2 heterocycles. The van der Waals surface area contributed by atoms with E-state index in [0.29, 0.717) is 10.6 Å². The molecule has 0 amide bonds. The van der Waals surface area contributed by atoms with Crippen molar-refractivity contribution < 1.29 is 9.53 Å². The molecule has 1 aromatic heterocycles. The second-order valence-electron chi connectivity index (χ2n) is 5.22.